The molecule has 2 aromatic heterocycles. The number of benzene rings is 1. The third-order valence-electron chi connectivity index (χ3n) is 5.50. The van der Waals surface area contributed by atoms with Crippen molar-refractivity contribution in [3.63, 3.8) is 0 Å². The van der Waals surface area contributed by atoms with Crippen LogP contribution in [0, 0.1) is 11.6 Å². The van der Waals surface area contributed by atoms with Gasteiger partial charge < -0.3 is 14.6 Å². The van der Waals surface area contributed by atoms with Crippen molar-refractivity contribution in [1.29, 1.82) is 0 Å². The molecule has 0 saturated heterocycles. The van der Waals surface area contributed by atoms with Gasteiger partial charge in [-0.15, -0.1) is 0 Å². The molecule has 7 nitrogen and oxygen atoms in total. The van der Waals surface area contributed by atoms with E-state index in [1.165, 1.54) is 21.2 Å². The summed E-state index contributed by atoms with van der Waals surface area (Å²) in [5.74, 6) is -2.98. The summed E-state index contributed by atoms with van der Waals surface area (Å²) in [5, 5.41) is 13.9. The number of carbonyl (C=O) groups excluding carboxylic acids is 1. The molecule has 0 spiro atoms. The van der Waals surface area contributed by atoms with Gasteiger partial charge in [0.1, 0.15) is 11.6 Å². The maximum absolute atomic E-state index is 14.4. The van der Waals surface area contributed by atoms with Gasteiger partial charge in [0.15, 0.2) is 11.5 Å². The molecule has 1 N–H and O–H groups in total. The Labute approximate surface area is 172 Å². The Kier molecular flexibility index (Phi) is 4.61. The molecule has 1 aliphatic heterocycles. The van der Waals surface area contributed by atoms with Crippen molar-refractivity contribution in [3.05, 3.63) is 47.2 Å². The van der Waals surface area contributed by atoms with Crippen molar-refractivity contribution < 1.29 is 31.9 Å². The molecule has 3 aromatic rings. The molecule has 1 amide bonds. The van der Waals surface area contributed by atoms with Crippen LogP contribution in [-0.2, 0) is 19.2 Å². The predicted octanol–water partition coefficient (Wildman–Crippen LogP) is 3.03. The number of fused-ring (bicyclic) bond motifs is 2. The number of halogens is 5. The van der Waals surface area contributed by atoms with Crippen LogP contribution in [0.5, 0.6) is 0 Å². The molecule has 0 saturated carbocycles. The molecule has 0 bridgehead atoms. The van der Waals surface area contributed by atoms with Gasteiger partial charge in [-0.1, -0.05) is 0 Å². The summed E-state index contributed by atoms with van der Waals surface area (Å²) in [6, 6.07) is 1.05. The fourth-order valence-corrected chi connectivity index (χ4v) is 3.91. The maximum atomic E-state index is 14.4. The van der Waals surface area contributed by atoms with Crippen LogP contribution in [0.4, 0.5) is 22.0 Å². The molecule has 0 unspecified atom stereocenters. The van der Waals surface area contributed by atoms with Gasteiger partial charge in [-0.3, -0.25) is 9.48 Å². The number of amides is 1. The summed E-state index contributed by atoms with van der Waals surface area (Å²) < 4.78 is 70.3. The Bertz CT molecular complexity index is 1200. The molecule has 0 fully saturated rings. The minimum absolute atomic E-state index is 0.0238. The SMILES string of the molecule is C[C@H]1CN(C(=O)c2nn(C)c3cc(F)cc(F)c23)Cc2cnc([C@@](C)(O)C(F)(F)F)n21. The third kappa shape index (κ3) is 3.16. The number of aryl methyl sites for hydroxylation is 1. The number of carbonyl (C=O) groups is 1. The van der Waals surface area contributed by atoms with E-state index < -0.39 is 41.2 Å². The van der Waals surface area contributed by atoms with Gasteiger partial charge in [-0.05, 0) is 19.9 Å². The summed E-state index contributed by atoms with van der Waals surface area (Å²) in [7, 11) is 1.44. The van der Waals surface area contributed by atoms with E-state index in [2.05, 4.69) is 10.1 Å². The maximum Gasteiger partial charge on any atom is 0.424 e. The zero-order valence-corrected chi connectivity index (χ0v) is 16.7. The van der Waals surface area contributed by atoms with Crippen LogP contribution in [0.1, 0.15) is 41.9 Å². The lowest BCUT2D eigenvalue weighted by molar-refractivity contribution is -0.263. The molecular weight excluding hydrogens is 425 g/mol. The Morgan fingerprint density at radius 3 is 2.58 bits per heavy atom. The van der Waals surface area contributed by atoms with Crippen LogP contribution in [0.15, 0.2) is 18.3 Å². The van der Waals surface area contributed by atoms with Crippen molar-refractivity contribution in [2.45, 2.75) is 38.2 Å². The first-order valence-corrected chi connectivity index (χ1v) is 9.29. The second-order valence-corrected chi connectivity index (χ2v) is 7.80. The highest BCUT2D eigenvalue weighted by Gasteiger charge is 2.55. The van der Waals surface area contributed by atoms with Crippen molar-refractivity contribution >= 4 is 16.8 Å². The van der Waals surface area contributed by atoms with Crippen LogP contribution in [-0.4, -0.2) is 48.0 Å². The Balaban J connectivity index is 1.72. The highest BCUT2D eigenvalue weighted by molar-refractivity contribution is 6.05. The van der Waals surface area contributed by atoms with Crippen molar-refractivity contribution in [2.75, 3.05) is 6.54 Å². The number of imidazole rings is 1. The number of aliphatic hydroxyl groups is 1. The second-order valence-electron chi connectivity index (χ2n) is 7.80. The fourth-order valence-electron chi connectivity index (χ4n) is 3.91. The van der Waals surface area contributed by atoms with Crippen molar-refractivity contribution in [1.82, 2.24) is 24.2 Å². The summed E-state index contributed by atoms with van der Waals surface area (Å²) in [6.07, 6.45) is -3.78. The molecule has 0 radical (unpaired) electrons. The Morgan fingerprint density at radius 1 is 1.26 bits per heavy atom. The largest absolute Gasteiger partial charge is 0.424 e. The summed E-state index contributed by atoms with van der Waals surface area (Å²) >= 11 is 0. The van der Waals surface area contributed by atoms with E-state index in [1.807, 2.05) is 0 Å². The number of hydrogen-bond acceptors (Lipinski definition) is 4. The third-order valence-corrected chi connectivity index (χ3v) is 5.50. The lowest BCUT2D eigenvalue weighted by Crippen LogP contribution is -2.45. The van der Waals surface area contributed by atoms with E-state index in [9.17, 15) is 31.9 Å². The van der Waals surface area contributed by atoms with Gasteiger partial charge in [-0.2, -0.15) is 18.3 Å². The van der Waals surface area contributed by atoms with Crippen molar-refractivity contribution in [3.8, 4) is 0 Å². The molecule has 0 aliphatic carbocycles. The minimum atomic E-state index is -4.94. The van der Waals surface area contributed by atoms with E-state index in [4.69, 9.17) is 0 Å². The molecule has 1 aliphatic rings. The van der Waals surface area contributed by atoms with Crippen LogP contribution in [0.3, 0.4) is 0 Å². The Morgan fingerprint density at radius 2 is 1.94 bits per heavy atom. The number of alkyl halides is 3. The van der Waals surface area contributed by atoms with Crippen LogP contribution >= 0.6 is 0 Å². The topological polar surface area (TPSA) is 76.2 Å². The van der Waals surface area contributed by atoms with Crippen LogP contribution in [0.25, 0.3) is 10.9 Å². The van der Waals surface area contributed by atoms with E-state index in [1.54, 1.807) is 6.92 Å². The number of rotatable bonds is 2. The molecule has 3 heterocycles. The standard InChI is InChI=1S/C19H18F5N5O2/c1-9-7-28(8-11-6-25-17(29(9)11)18(2,31)19(22,23)24)16(30)15-14-12(21)4-10(20)5-13(14)27(3)26-15/h4-6,9,31H,7-8H2,1-3H3/t9-,18+/m0/s1. The minimum Gasteiger partial charge on any atom is -0.374 e. The first-order valence-electron chi connectivity index (χ1n) is 9.29. The zero-order valence-electron chi connectivity index (χ0n) is 16.7. The molecule has 31 heavy (non-hydrogen) atoms. The van der Waals surface area contributed by atoms with Crippen LogP contribution in [0.2, 0.25) is 0 Å². The molecular formula is C19H18F5N5O2. The molecule has 166 valence electrons. The lowest BCUT2D eigenvalue weighted by atomic mass is 10.0. The number of nitrogens with zero attached hydrogens (tertiary/aromatic N) is 5. The summed E-state index contributed by atoms with van der Waals surface area (Å²) in [5.41, 5.74) is -3.02. The first kappa shape index (κ1) is 21.2. The van der Waals surface area contributed by atoms with E-state index >= 15 is 0 Å². The van der Waals surface area contributed by atoms with E-state index in [0.29, 0.717) is 13.0 Å². The summed E-state index contributed by atoms with van der Waals surface area (Å²) in [4.78, 5) is 18.2. The average Bonchev–Trinajstić information content (AvgIpc) is 3.22. The molecule has 4 rings (SSSR count). The van der Waals surface area contributed by atoms with Crippen LogP contribution < -0.4 is 0 Å². The van der Waals surface area contributed by atoms with E-state index in [0.717, 1.165) is 12.3 Å². The Hall–Kier alpha value is -3.02. The molecule has 1 aromatic carbocycles. The second kappa shape index (κ2) is 6.74. The zero-order chi connectivity index (χ0) is 22.9. The first-order chi connectivity index (χ1) is 14.3. The number of aromatic nitrogens is 4. The fraction of sp³-hybridized carbons (Fsp3) is 0.421. The molecule has 12 heteroatoms. The van der Waals surface area contributed by atoms with Gasteiger partial charge >= 0.3 is 6.18 Å². The normalized spacial score (nSPS) is 18.9. The molecule has 2 atom stereocenters. The predicted molar refractivity (Wildman–Crippen MR) is 97.9 cm³/mol. The van der Waals surface area contributed by atoms with Gasteiger partial charge in [0, 0.05) is 19.7 Å². The lowest BCUT2D eigenvalue weighted by Gasteiger charge is -2.36. The summed E-state index contributed by atoms with van der Waals surface area (Å²) in [6.45, 7) is 2.05. The quantitative estimate of drug-likeness (QED) is 0.618. The van der Waals surface area contributed by atoms with Crippen molar-refractivity contribution in [2.24, 2.45) is 7.05 Å². The van der Waals surface area contributed by atoms with Gasteiger partial charge in [0.2, 0.25) is 5.60 Å². The average molecular weight is 443 g/mol. The number of hydrogen-bond donors (Lipinski definition) is 1. The highest BCUT2D eigenvalue weighted by atomic mass is 19.4. The highest BCUT2D eigenvalue weighted by Crippen LogP contribution is 2.40. The van der Waals surface area contributed by atoms with Gasteiger partial charge in [-0.25, -0.2) is 13.8 Å². The van der Waals surface area contributed by atoms with E-state index in [-0.39, 0.29) is 35.4 Å². The van der Waals surface area contributed by atoms with Gasteiger partial charge in [0.05, 0.1) is 35.4 Å². The smallest absolute Gasteiger partial charge is 0.374 e. The van der Waals surface area contributed by atoms with Gasteiger partial charge in [0.25, 0.3) is 5.91 Å². The monoisotopic (exact) mass is 443 g/mol.